The summed E-state index contributed by atoms with van der Waals surface area (Å²) in [6.45, 7) is 11.2. The molecule has 11 nitrogen and oxygen atoms in total. The van der Waals surface area contributed by atoms with E-state index in [1.54, 1.807) is 34.6 Å². The zero-order chi connectivity index (χ0) is 38.0. The second kappa shape index (κ2) is 18.2. The largest absolute Gasteiger partial charge is 0.444 e. The highest BCUT2D eigenvalue weighted by atomic mass is 16.6. The molecule has 0 saturated carbocycles. The van der Waals surface area contributed by atoms with E-state index >= 15 is 0 Å². The van der Waals surface area contributed by atoms with Crippen molar-refractivity contribution < 1.29 is 43.1 Å². The normalized spacial score (nSPS) is 24.5. The van der Waals surface area contributed by atoms with Gasteiger partial charge in [0.25, 0.3) is 0 Å². The minimum atomic E-state index is -1.34. The van der Waals surface area contributed by atoms with E-state index in [9.17, 15) is 14.7 Å². The van der Waals surface area contributed by atoms with Gasteiger partial charge < -0.3 is 38.8 Å². The minimum absolute atomic E-state index is 0.0386. The van der Waals surface area contributed by atoms with Gasteiger partial charge in [0.15, 0.2) is 0 Å². The van der Waals surface area contributed by atoms with Crippen LogP contribution in [0.3, 0.4) is 0 Å². The Morgan fingerprint density at radius 1 is 0.887 bits per heavy atom. The summed E-state index contributed by atoms with van der Waals surface area (Å²) in [6.07, 6.45) is -5.04. The maximum absolute atomic E-state index is 13.3. The van der Waals surface area contributed by atoms with E-state index in [0.717, 1.165) is 16.7 Å². The third-order valence-corrected chi connectivity index (χ3v) is 8.87. The Morgan fingerprint density at radius 2 is 1.42 bits per heavy atom. The van der Waals surface area contributed by atoms with Crippen LogP contribution >= 0.6 is 0 Å². The van der Waals surface area contributed by atoms with Crippen LogP contribution in [0.1, 0.15) is 58.2 Å². The number of ether oxygens (including phenoxy) is 6. The van der Waals surface area contributed by atoms with Crippen molar-refractivity contribution in [1.82, 2.24) is 10.2 Å². The maximum Gasteiger partial charge on any atom is 0.413 e. The third-order valence-electron chi connectivity index (χ3n) is 8.87. The highest BCUT2D eigenvalue weighted by Gasteiger charge is 2.50. The quantitative estimate of drug-likeness (QED) is 0.237. The Balaban J connectivity index is 1.47. The average molecular weight is 729 g/mol. The summed E-state index contributed by atoms with van der Waals surface area (Å²) < 4.78 is 37.7. The average Bonchev–Trinajstić information content (AvgIpc) is 3.45. The molecule has 0 radical (unpaired) electrons. The van der Waals surface area contributed by atoms with Crippen molar-refractivity contribution in [3.63, 3.8) is 0 Å². The topological polar surface area (TPSA) is 125 Å². The Morgan fingerprint density at radius 3 is 1.94 bits per heavy atom. The summed E-state index contributed by atoms with van der Waals surface area (Å²) in [5.74, 6) is 5.68. The molecule has 0 bridgehead atoms. The lowest BCUT2D eigenvalue weighted by atomic mass is 9.91. The zero-order valence-electron chi connectivity index (χ0n) is 31.4. The molecule has 3 aromatic carbocycles. The highest BCUT2D eigenvalue weighted by Crippen LogP contribution is 2.32. The molecule has 7 atom stereocenters. The van der Waals surface area contributed by atoms with Crippen molar-refractivity contribution in [2.24, 2.45) is 0 Å². The van der Waals surface area contributed by atoms with E-state index in [4.69, 9.17) is 28.4 Å². The van der Waals surface area contributed by atoms with E-state index in [1.165, 1.54) is 11.8 Å². The molecule has 0 spiro atoms. The number of carbonyl (C=O) groups excluding carboxylic acids is 2. The fraction of sp³-hybridized carbons (Fsp3) is 0.476. The molecule has 2 amide bonds. The second-order valence-electron chi connectivity index (χ2n) is 14.8. The molecule has 2 saturated heterocycles. The highest BCUT2D eigenvalue weighted by molar-refractivity contribution is 5.73. The predicted octanol–water partition coefficient (Wildman–Crippen LogP) is 5.38. The fourth-order valence-corrected chi connectivity index (χ4v) is 6.39. The summed E-state index contributed by atoms with van der Waals surface area (Å²) in [7, 11) is 0. The van der Waals surface area contributed by atoms with E-state index < -0.39 is 60.0 Å². The number of nitrogens with zero attached hydrogens (tertiary/aromatic N) is 1. The summed E-state index contributed by atoms with van der Waals surface area (Å²) >= 11 is 0. The van der Waals surface area contributed by atoms with Gasteiger partial charge in [-0.2, -0.15) is 0 Å². The Labute approximate surface area is 312 Å². The van der Waals surface area contributed by atoms with E-state index in [2.05, 4.69) is 17.2 Å². The van der Waals surface area contributed by atoms with Gasteiger partial charge in [0, 0.05) is 6.92 Å². The molecule has 1 unspecified atom stereocenters. The molecule has 2 aliphatic heterocycles. The van der Waals surface area contributed by atoms with Gasteiger partial charge in [-0.3, -0.25) is 9.69 Å². The van der Waals surface area contributed by atoms with Crippen LogP contribution in [0.4, 0.5) is 4.79 Å². The minimum Gasteiger partial charge on any atom is -0.444 e. The van der Waals surface area contributed by atoms with Crippen molar-refractivity contribution in [2.45, 2.75) is 115 Å². The van der Waals surface area contributed by atoms with Gasteiger partial charge in [0.05, 0.1) is 45.1 Å². The number of nitrogens with one attached hydrogen (secondary N) is 1. The number of hydrogen-bond acceptors (Lipinski definition) is 9. The van der Waals surface area contributed by atoms with Crippen molar-refractivity contribution in [3.8, 4) is 11.8 Å². The number of hydrogen-bond donors (Lipinski definition) is 2. The number of benzene rings is 3. The zero-order valence-corrected chi connectivity index (χ0v) is 31.4. The molecule has 0 aromatic heterocycles. The van der Waals surface area contributed by atoms with Crippen LogP contribution in [0.15, 0.2) is 91.0 Å². The van der Waals surface area contributed by atoms with E-state index in [0.29, 0.717) is 6.61 Å². The molecule has 284 valence electrons. The SMILES string of the molecule is CC(=O)N[C@@H]1[C@@H](OCc2ccccc2)[C@@H](OCc2ccccc2)[C@@H](COCc2ccccc2)O[C@@H]1C#CC(O)[C@H]1COC(C)(C)N1C(=O)OC(C)(C)C. The number of carbonyl (C=O) groups is 2. The van der Waals surface area contributed by atoms with Gasteiger partial charge in [0.1, 0.15) is 41.8 Å². The third kappa shape index (κ3) is 11.4. The smallest absolute Gasteiger partial charge is 0.413 e. The lowest BCUT2D eigenvalue weighted by molar-refractivity contribution is -0.222. The number of aliphatic hydroxyl groups excluding tert-OH is 1. The molecule has 5 rings (SSSR count). The van der Waals surface area contributed by atoms with Crippen molar-refractivity contribution >= 4 is 12.0 Å². The van der Waals surface area contributed by atoms with Crippen molar-refractivity contribution in [2.75, 3.05) is 13.2 Å². The summed E-state index contributed by atoms with van der Waals surface area (Å²) in [6, 6.07) is 27.7. The standard InChI is InChI=1S/C42H52N2O9/c1-29(45)43-37-35(23-22-34(46)33-27-51-42(5,6)44(33)40(47)53-41(2,3)4)52-36(28-48-24-30-16-10-7-11-17-30)38(49-25-31-18-12-8-13-19-31)39(37)50-26-32-20-14-9-15-21-32/h7-21,33-39,46H,24-28H2,1-6H3,(H,43,45)/t33-,34?,35-,36-,37+,38+,39-/m1/s1. The lowest BCUT2D eigenvalue weighted by Crippen LogP contribution is -2.65. The van der Waals surface area contributed by atoms with Gasteiger partial charge in [-0.25, -0.2) is 4.79 Å². The van der Waals surface area contributed by atoms with Crippen molar-refractivity contribution in [3.05, 3.63) is 108 Å². The van der Waals surface area contributed by atoms with Crippen LogP contribution in [0, 0.1) is 11.8 Å². The summed E-state index contributed by atoms with van der Waals surface area (Å²) in [4.78, 5) is 27.4. The Kier molecular flexibility index (Phi) is 13.7. The van der Waals surface area contributed by atoms with Gasteiger partial charge in [0.2, 0.25) is 5.91 Å². The van der Waals surface area contributed by atoms with Gasteiger partial charge in [-0.05, 0) is 51.3 Å². The van der Waals surface area contributed by atoms with Crippen molar-refractivity contribution in [1.29, 1.82) is 0 Å². The summed E-state index contributed by atoms with van der Waals surface area (Å²) in [5, 5.41) is 14.5. The van der Waals surface area contributed by atoms with E-state index in [1.807, 2.05) is 91.0 Å². The molecule has 2 fully saturated rings. The molecule has 0 aliphatic carbocycles. The van der Waals surface area contributed by atoms with Crippen LogP contribution in [0.5, 0.6) is 0 Å². The molecular formula is C42H52N2O9. The first kappa shape index (κ1) is 39.9. The fourth-order valence-electron chi connectivity index (χ4n) is 6.39. The molecule has 11 heteroatoms. The maximum atomic E-state index is 13.3. The molecule has 2 aliphatic rings. The lowest BCUT2D eigenvalue weighted by Gasteiger charge is -2.45. The van der Waals surface area contributed by atoms with Crippen LogP contribution in [0.2, 0.25) is 0 Å². The molecule has 53 heavy (non-hydrogen) atoms. The van der Waals surface area contributed by atoms with E-state index in [-0.39, 0.29) is 32.3 Å². The Hall–Kier alpha value is -4.28. The second-order valence-corrected chi connectivity index (χ2v) is 14.8. The summed E-state index contributed by atoms with van der Waals surface area (Å²) in [5.41, 5.74) is 1.08. The number of amides is 2. The molecule has 2 heterocycles. The van der Waals surface area contributed by atoms with Gasteiger partial charge in [-0.15, -0.1) is 0 Å². The molecule has 2 N–H and O–H groups in total. The molecule has 3 aromatic rings. The molecular weight excluding hydrogens is 676 g/mol. The first-order chi connectivity index (χ1) is 25.3. The first-order valence-corrected chi connectivity index (χ1v) is 18.0. The number of aliphatic hydroxyl groups is 1. The van der Waals surface area contributed by atoms with Crippen LogP contribution in [0.25, 0.3) is 0 Å². The van der Waals surface area contributed by atoms with Gasteiger partial charge >= 0.3 is 6.09 Å². The Bertz CT molecular complexity index is 1670. The number of rotatable bonds is 12. The first-order valence-electron chi connectivity index (χ1n) is 18.0. The van der Waals surface area contributed by atoms with Gasteiger partial charge in [-0.1, -0.05) is 103 Å². The van der Waals surface area contributed by atoms with Crippen LogP contribution < -0.4 is 5.32 Å². The van der Waals surface area contributed by atoms with Crippen LogP contribution in [-0.2, 0) is 53.0 Å². The monoisotopic (exact) mass is 728 g/mol. The van der Waals surface area contributed by atoms with Crippen LogP contribution in [-0.4, -0.2) is 89.2 Å². The predicted molar refractivity (Wildman–Crippen MR) is 198 cm³/mol.